The van der Waals surface area contributed by atoms with Crippen LogP contribution in [0.15, 0.2) is 64.3 Å². The highest BCUT2D eigenvalue weighted by molar-refractivity contribution is 6.14. The Bertz CT molecular complexity index is 1020. The van der Waals surface area contributed by atoms with E-state index in [0.717, 1.165) is 31.6 Å². The molecule has 2 aliphatic heterocycles. The molecule has 4 rings (SSSR count). The largest absolute Gasteiger partial charge is 0.503 e. The van der Waals surface area contributed by atoms with Crippen LogP contribution in [0, 0.1) is 6.92 Å². The number of aliphatic hydroxyl groups is 1. The summed E-state index contributed by atoms with van der Waals surface area (Å²) < 4.78 is 11.2. The van der Waals surface area contributed by atoms with E-state index in [2.05, 4.69) is 4.90 Å². The average Bonchev–Trinajstić information content (AvgIpc) is 3.35. The molecule has 1 saturated heterocycles. The first-order valence-corrected chi connectivity index (χ1v) is 10.9. The third-order valence-electron chi connectivity index (χ3n) is 5.80. The van der Waals surface area contributed by atoms with Gasteiger partial charge in [-0.05, 0) is 37.1 Å². The number of rotatable bonds is 8. The highest BCUT2D eigenvalue weighted by Gasteiger charge is 2.44. The van der Waals surface area contributed by atoms with E-state index in [-0.39, 0.29) is 5.57 Å². The highest BCUT2D eigenvalue weighted by atomic mass is 16.5. The molecule has 0 aliphatic carbocycles. The predicted octanol–water partition coefficient (Wildman–Crippen LogP) is 3.29. The predicted molar refractivity (Wildman–Crippen MR) is 120 cm³/mol. The topological polar surface area (TPSA) is 83.2 Å². The minimum Gasteiger partial charge on any atom is -0.503 e. The van der Waals surface area contributed by atoms with Crippen LogP contribution in [0.25, 0.3) is 6.08 Å². The van der Waals surface area contributed by atoms with Gasteiger partial charge in [-0.1, -0.05) is 36.4 Å². The SMILES string of the molecule is Cc1ccc(C2C(C(=O)/C=C/c3ccccc3)=C(O)C(=O)N2CCCN2CCOCC2)o1. The van der Waals surface area contributed by atoms with Gasteiger partial charge in [0.05, 0.1) is 18.8 Å². The number of hydrogen-bond acceptors (Lipinski definition) is 6. The maximum absolute atomic E-state index is 13.1. The lowest BCUT2D eigenvalue weighted by atomic mass is 10.00. The lowest BCUT2D eigenvalue weighted by molar-refractivity contribution is -0.129. The molecule has 1 atom stereocenters. The summed E-state index contributed by atoms with van der Waals surface area (Å²) in [6.07, 6.45) is 3.79. The van der Waals surface area contributed by atoms with E-state index >= 15 is 0 Å². The molecule has 1 unspecified atom stereocenters. The van der Waals surface area contributed by atoms with Crippen molar-refractivity contribution >= 4 is 17.8 Å². The van der Waals surface area contributed by atoms with E-state index < -0.39 is 23.5 Å². The van der Waals surface area contributed by atoms with Gasteiger partial charge in [-0.15, -0.1) is 0 Å². The van der Waals surface area contributed by atoms with Gasteiger partial charge < -0.3 is 19.2 Å². The molecule has 1 fully saturated rings. The van der Waals surface area contributed by atoms with Crippen molar-refractivity contribution in [2.45, 2.75) is 19.4 Å². The third kappa shape index (κ3) is 4.84. The summed E-state index contributed by atoms with van der Waals surface area (Å²) in [4.78, 5) is 29.8. The molecule has 1 aromatic carbocycles. The van der Waals surface area contributed by atoms with Crippen molar-refractivity contribution in [1.82, 2.24) is 9.80 Å². The van der Waals surface area contributed by atoms with Gasteiger partial charge >= 0.3 is 0 Å². The number of carbonyl (C=O) groups is 2. The fourth-order valence-electron chi connectivity index (χ4n) is 4.15. The number of nitrogens with zero attached hydrogens (tertiary/aromatic N) is 2. The molecule has 1 N–H and O–H groups in total. The second kappa shape index (κ2) is 9.97. The Morgan fingerprint density at radius 1 is 1.12 bits per heavy atom. The number of hydrogen-bond donors (Lipinski definition) is 1. The number of aliphatic hydroxyl groups excluding tert-OH is 1. The second-order valence-electron chi connectivity index (χ2n) is 8.03. The molecular weight excluding hydrogens is 408 g/mol. The van der Waals surface area contributed by atoms with Crippen molar-refractivity contribution in [2.75, 3.05) is 39.4 Å². The van der Waals surface area contributed by atoms with Crippen molar-refractivity contribution in [3.8, 4) is 0 Å². The Labute approximate surface area is 187 Å². The van der Waals surface area contributed by atoms with Crippen LogP contribution in [0.2, 0.25) is 0 Å². The van der Waals surface area contributed by atoms with E-state index in [1.807, 2.05) is 37.3 Å². The summed E-state index contributed by atoms with van der Waals surface area (Å²) in [6.45, 7) is 6.19. The Kier molecular flexibility index (Phi) is 6.87. The summed E-state index contributed by atoms with van der Waals surface area (Å²) >= 11 is 0. The maximum atomic E-state index is 13.1. The van der Waals surface area contributed by atoms with Crippen LogP contribution in [0.1, 0.15) is 29.5 Å². The van der Waals surface area contributed by atoms with Crippen molar-refractivity contribution in [3.05, 3.63) is 77.0 Å². The van der Waals surface area contributed by atoms with E-state index in [9.17, 15) is 14.7 Å². The normalized spacial score (nSPS) is 20.0. The molecule has 0 bridgehead atoms. The standard InChI is InChI=1S/C25H28N2O5/c1-18-8-11-21(32-18)23-22(20(28)10-9-19-6-3-2-4-7-19)24(29)25(30)27(23)13-5-12-26-14-16-31-17-15-26/h2-4,6-11,23,29H,5,12-17H2,1H3/b10-9+. The molecule has 0 spiro atoms. The van der Waals surface area contributed by atoms with Crippen molar-refractivity contribution in [3.63, 3.8) is 0 Å². The van der Waals surface area contributed by atoms with E-state index in [4.69, 9.17) is 9.15 Å². The number of aryl methyl sites for hydroxylation is 1. The number of ether oxygens (including phenoxy) is 1. The maximum Gasteiger partial charge on any atom is 0.290 e. The summed E-state index contributed by atoms with van der Waals surface area (Å²) in [7, 11) is 0. The van der Waals surface area contributed by atoms with E-state index in [1.165, 1.54) is 11.0 Å². The fourth-order valence-corrected chi connectivity index (χ4v) is 4.15. The van der Waals surface area contributed by atoms with Gasteiger partial charge in [0.25, 0.3) is 5.91 Å². The van der Waals surface area contributed by atoms with Crippen LogP contribution in [-0.4, -0.2) is 66.0 Å². The van der Waals surface area contributed by atoms with Crippen LogP contribution in [0.5, 0.6) is 0 Å². The molecule has 1 aromatic heterocycles. The molecule has 2 aliphatic rings. The minimum atomic E-state index is -0.742. The summed E-state index contributed by atoms with van der Waals surface area (Å²) in [5, 5.41) is 10.6. The zero-order valence-corrected chi connectivity index (χ0v) is 18.2. The number of benzene rings is 1. The first-order valence-electron chi connectivity index (χ1n) is 10.9. The van der Waals surface area contributed by atoms with Crippen molar-refractivity contribution in [2.24, 2.45) is 0 Å². The van der Waals surface area contributed by atoms with Gasteiger partial charge in [0.15, 0.2) is 11.5 Å². The second-order valence-corrected chi connectivity index (χ2v) is 8.03. The Morgan fingerprint density at radius 3 is 2.56 bits per heavy atom. The first kappa shape index (κ1) is 22.0. The number of amides is 1. The van der Waals surface area contributed by atoms with Gasteiger partial charge in [0, 0.05) is 26.2 Å². The molecule has 1 amide bonds. The van der Waals surface area contributed by atoms with E-state index in [1.54, 1.807) is 18.2 Å². The molecule has 0 radical (unpaired) electrons. The molecule has 168 valence electrons. The smallest absolute Gasteiger partial charge is 0.290 e. The van der Waals surface area contributed by atoms with E-state index in [0.29, 0.717) is 31.3 Å². The number of ketones is 1. The number of furan rings is 1. The molecule has 3 heterocycles. The monoisotopic (exact) mass is 436 g/mol. The van der Waals surface area contributed by atoms with Crippen LogP contribution >= 0.6 is 0 Å². The van der Waals surface area contributed by atoms with Crippen LogP contribution in [-0.2, 0) is 14.3 Å². The zero-order chi connectivity index (χ0) is 22.5. The Hall–Kier alpha value is -3.16. The van der Waals surface area contributed by atoms with Gasteiger partial charge in [0.1, 0.15) is 17.6 Å². The molecule has 32 heavy (non-hydrogen) atoms. The van der Waals surface area contributed by atoms with Crippen molar-refractivity contribution < 1.29 is 23.8 Å². The van der Waals surface area contributed by atoms with Gasteiger partial charge in [-0.2, -0.15) is 0 Å². The molecule has 2 aromatic rings. The lowest BCUT2D eigenvalue weighted by Crippen LogP contribution is -2.39. The highest BCUT2D eigenvalue weighted by Crippen LogP contribution is 2.38. The molecule has 7 heteroatoms. The summed E-state index contributed by atoms with van der Waals surface area (Å²) in [6, 6.07) is 12.2. The Balaban J connectivity index is 1.54. The summed E-state index contributed by atoms with van der Waals surface area (Å²) in [5.74, 6) is -0.295. The fraction of sp³-hybridized carbons (Fsp3) is 0.360. The quantitative estimate of drug-likeness (QED) is 0.640. The third-order valence-corrected chi connectivity index (χ3v) is 5.80. The molecule has 7 nitrogen and oxygen atoms in total. The van der Waals surface area contributed by atoms with Crippen LogP contribution in [0.3, 0.4) is 0 Å². The Morgan fingerprint density at radius 2 is 1.88 bits per heavy atom. The average molecular weight is 437 g/mol. The van der Waals surface area contributed by atoms with Gasteiger partial charge in [0.2, 0.25) is 0 Å². The number of morpholine rings is 1. The van der Waals surface area contributed by atoms with Gasteiger partial charge in [-0.3, -0.25) is 14.5 Å². The lowest BCUT2D eigenvalue weighted by Gasteiger charge is -2.29. The zero-order valence-electron chi connectivity index (χ0n) is 18.2. The van der Waals surface area contributed by atoms with Crippen LogP contribution < -0.4 is 0 Å². The first-order chi connectivity index (χ1) is 15.5. The van der Waals surface area contributed by atoms with Gasteiger partial charge in [-0.25, -0.2) is 0 Å². The minimum absolute atomic E-state index is 0.0582. The molecule has 0 saturated carbocycles. The summed E-state index contributed by atoms with van der Waals surface area (Å²) in [5.41, 5.74) is 0.918. The number of carbonyl (C=O) groups excluding carboxylic acids is 2. The van der Waals surface area contributed by atoms with Crippen LogP contribution in [0.4, 0.5) is 0 Å². The van der Waals surface area contributed by atoms with Crippen molar-refractivity contribution in [1.29, 1.82) is 0 Å². The molecular formula is C25H28N2O5. The number of allylic oxidation sites excluding steroid dienone is 1.